The average molecular weight is 292 g/mol. The van der Waals surface area contributed by atoms with Gasteiger partial charge in [0.25, 0.3) is 5.91 Å². The summed E-state index contributed by atoms with van der Waals surface area (Å²) in [5, 5.41) is 0.839. The number of rotatable bonds is 5. The molecule has 0 atom stereocenters. The molecule has 0 unspecified atom stereocenters. The second kappa shape index (κ2) is 5.76. The Balaban J connectivity index is 1.52. The van der Waals surface area contributed by atoms with Gasteiger partial charge in [-0.05, 0) is 24.0 Å². The maximum absolute atomic E-state index is 12.2. The van der Waals surface area contributed by atoms with E-state index in [2.05, 4.69) is 4.98 Å². The summed E-state index contributed by atoms with van der Waals surface area (Å²) >= 11 is 1.41. The standard InChI is InChI=1S/C14H16N2O3S/c1-18-9-13-15-5-12(20-13)14(17)16-6-11(7-16)4-10-2-3-19-8-10/h2-3,5,8,11H,4,6-7,9H2,1H3. The number of carbonyl (C=O) groups excluding carboxylic acids is 1. The van der Waals surface area contributed by atoms with Gasteiger partial charge in [-0.2, -0.15) is 0 Å². The first-order chi connectivity index (χ1) is 9.76. The van der Waals surface area contributed by atoms with E-state index in [0.717, 1.165) is 24.5 Å². The lowest BCUT2D eigenvalue weighted by Crippen LogP contribution is -2.50. The largest absolute Gasteiger partial charge is 0.472 e. The molecule has 5 nitrogen and oxygen atoms in total. The molecule has 20 heavy (non-hydrogen) atoms. The molecule has 0 aliphatic carbocycles. The fraction of sp³-hybridized carbons (Fsp3) is 0.429. The van der Waals surface area contributed by atoms with E-state index >= 15 is 0 Å². The van der Waals surface area contributed by atoms with E-state index in [9.17, 15) is 4.79 Å². The Morgan fingerprint density at radius 3 is 3.15 bits per heavy atom. The zero-order valence-electron chi connectivity index (χ0n) is 11.2. The Kier molecular flexibility index (Phi) is 3.84. The van der Waals surface area contributed by atoms with Crippen LogP contribution in [0, 0.1) is 5.92 Å². The molecule has 0 spiro atoms. The fourth-order valence-corrected chi connectivity index (χ4v) is 3.22. The molecule has 2 aromatic rings. The third-order valence-corrected chi connectivity index (χ3v) is 4.34. The second-order valence-corrected chi connectivity index (χ2v) is 6.08. The van der Waals surface area contributed by atoms with Gasteiger partial charge in [0.2, 0.25) is 0 Å². The number of thiazole rings is 1. The van der Waals surface area contributed by atoms with Gasteiger partial charge < -0.3 is 14.1 Å². The van der Waals surface area contributed by atoms with Crippen LogP contribution in [-0.2, 0) is 17.8 Å². The highest BCUT2D eigenvalue weighted by Gasteiger charge is 2.32. The molecule has 1 aliphatic rings. The van der Waals surface area contributed by atoms with Crippen molar-refractivity contribution in [2.75, 3.05) is 20.2 Å². The zero-order chi connectivity index (χ0) is 13.9. The third-order valence-electron chi connectivity index (χ3n) is 3.38. The molecule has 0 saturated carbocycles. The van der Waals surface area contributed by atoms with Crippen molar-refractivity contribution < 1.29 is 13.9 Å². The molecule has 0 radical (unpaired) electrons. The van der Waals surface area contributed by atoms with Gasteiger partial charge in [0.05, 0.1) is 25.3 Å². The lowest BCUT2D eigenvalue weighted by molar-refractivity contribution is 0.0506. The van der Waals surface area contributed by atoms with Crippen molar-refractivity contribution in [2.45, 2.75) is 13.0 Å². The summed E-state index contributed by atoms with van der Waals surface area (Å²) < 4.78 is 10.1. The highest BCUT2D eigenvalue weighted by Crippen LogP contribution is 2.24. The van der Waals surface area contributed by atoms with Gasteiger partial charge in [0.15, 0.2) is 0 Å². The minimum atomic E-state index is 0.0771. The van der Waals surface area contributed by atoms with Crippen LogP contribution in [0.25, 0.3) is 0 Å². The van der Waals surface area contributed by atoms with Crippen LogP contribution in [0.5, 0.6) is 0 Å². The molecule has 0 aromatic carbocycles. The maximum atomic E-state index is 12.2. The lowest BCUT2D eigenvalue weighted by atomic mass is 9.93. The molecule has 2 aromatic heterocycles. The topological polar surface area (TPSA) is 55.6 Å². The molecule has 0 N–H and O–H groups in total. The van der Waals surface area contributed by atoms with Crippen LogP contribution in [0.15, 0.2) is 29.2 Å². The monoisotopic (exact) mass is 292 g/mol. The van der Waals surface area contributed by atoms with Crippen LogP contribution in [0.1, 0.15) is 20.2 Å². The maximum Gasteiger partial charge on any atom is 0.265 e. The first kappa shape index (κ1) is 13.3. The number of methoxy groups -OCH3 is 1. The van der Waals surface area contributed by atoms with Crippen LogP contribution in [0.2, 0.25) is 0 Å². The summed E-state index contributed by atoms with van der Waals surface area (Å²) in [6, 6.07) is 1.98. The molecule has 1 amide bonds. The molecule has 1 aliphatic heterocycles. The number of ether oxygens (including phenoxy) is 1. The first-order valence-electron chi connectivity index (χ1n) is 6.50. The van der Waals surface area contributed by atoms with Gasteiger partial charge in [0.1, 0.15) is 9.88 Å². The van der Waals surface area contributed by atoms with Gasteiger partial charge in [-0.15, -0.1) is 11.3 Å². The van der Waals surface area contributed by atoms with E-state index in [1.54, 1.807) is 25.8 Å². The third kappa shape index (κ3) is 2.76. The predicted octanol–water partition coefficient (Wildman–Crippen LogP) is 2.20. The van der Waals surface area contributed by atoms with Crippen LogP contribution in [0.4, 0.5) is 0 Å². The van der Waals surface area contributed by atoms with E-state index in [-0.39, 0.29) is 5.91 Å². The normalized spacial score (nSPS) is 15.3. The second-order valence-electron chi connectivity index (χ2n) is 4.96. The summed E-state index contributed by atoms with van der Waals surface area (Å²) in [6.07, 6.45) is 6.07. The predicted molar refractivity (Wildman–Crippen MR) is 74.6 cm³/mol. The lowest BCUT2D eigenvalue weighted by Gasteiger charge is -2.38. The van der Waals surface area contributed by atoms with Crippen molar-refractivity contribution in [1.29, 1.82) is 0 Å². The van der Waals surface area contributed by atoms with Crippen molar-refractivity contribution in [2.24, 2.45) is 5.92 Å². The number of carbonyl (C=O) groups is 1. The molecule has 1 fully saturated rings. The smallest absolute Gasteiger partial charge is 0.265 e. The minimum absolute atomic E-state index is 0.0771. The Bertz CT molecular complexity index is 573. The van der Waals surface area contributed by atoms with E-state index < -0.39 is 0 Å². The van der Waals surface area contributed by atoms with Gasteiger partial charge in [0, 0.05) is 20.2 Å². The summed E-state index contributed by atoms with van der Waals surface area (Å²) in [6.45, 7) is 2.07. The number of hydrogen-bond donors (Lipinski definition) is 0. The quantitative estimate of drug-likeness (QED) is 0.847. The average Bonchev–Trinajstić information content (AvgIpc) is 3.04. The Morgan fingerprint density at radius 2 is 2.45 bits per heavy atom. The van der Waals surface area contributed by atoms with E-state index in [1.807, 2.05) is 11.0 Å². The number of furan rings is 1. The van der Waals surface area contributed by atoms with Crippen molar-refractivity contribution in [3.05, 3.63) is 40.2 Å². The van der Waals surface area contributed by atoms with Gasteiger partial charge in [-0.1, -0.05) is 0 Å². The van der Waals surface area contributed by atoms with E-state index in [4.69, 9.17) is 9.15 Å². The van der Waals surface area contributed by atoms with Crippen LogP contribution in [-0.4, -0.2) is 36.0 Å². The summed E-state index contributed by atoms with van der Waals surface area (Å²) in [7, 11) is 1.62. The van der Waals surface area contributed by atoms with Crippen LogP contribution in [0.3, 0.4) is 0 Å². The molecule has 6 heteroatoms. The molecule has 3 rings (SSSR count). The van der Waals surface area contributed by atoms with Crippen molar-refractivity contribution in [1.82, 2.24) is 9.88 Å². The number of amides is 1. The van der Waals surface area contributed by atoms with Crippen LogP contribution >= 0.6 is 11.3 Å². The summed E-state index contributed by atoms with van der Waals surface area (Å²) in [5.41, 5.74) is 1.20. The number of likely N-dealkylation sites (tertiary alicyclic amines) is 1. The zero-order valence-corrected chi connectivity index (χ0v) is 12.1. The number of nitrogens with zero attached hydrogens (tertiary/aromatic N) is 2. The molecule has 3 heterocycles. The Labute approximate surface area is 121 Å². The van der Waals surface area contributed by atoms with Gasteiger partial charge in [-0.3, -0.25) is 4.79 Å². The SMILES string of the molecule is COCc1ncc(C(=O)N2CC(Cc3ccoc3)C2)s1. The molecule has 106 valence electrons. The molecular formula is C14H16N2O3S. The summed E-state index contributed by atoms with van der Waals surface area (Å²) in [5.74, 6) is 0.608. The van der Waals surface area contributed by atoms with Gasteiger partial charge in [-0.25, -0.2) is 4.98 Å². The Morgan fingerprint density at radius 1 is 1.60 bits per heavy atom. The van der Waals surface area contributed by atoms with Gasteiger partial charge >= 0.3 is 0 Å². The van der Waals surface area contributed by atoms with Crippen molar-refractivity contribution >= 4 is 17.2 Å². The number of aromatic nitrogens is 1. The molecule has 1 saturated heterocycles. The van der Waals surface area contributed by atoms with E-state index in [1.165, 1.54) is 16.9 Å². The Hall–Kier alpha value is -1.66. The number of hydrogen-bond acceptors (Lipinski definition) is 5. The van der Waals surface area contributed by atoms with E-state index in [0.29, 0.717) is 17.4 Å². The van der Waals surface area contributed by atoms with Crippen molar-refractivity contribution in [3.8, 4) is 0 Å². The van der Waals surface area contributed by atoms with Crippen LogP contribution < -0.4 is 0 Å². The fourth-order valence-electron chi connectivity index (χ4n) is 2.36. The first-order valence-corrected chi connectivity index (χ1v) is 7.32. The minimum Gasteiger partial charge on any atom is -0.472 e. The highest BCUT2D eigenvalue weighted by atomic mass is 32.1. The molecule has 0 bridgehead atoms. The highest BCUT2D eigenvalue weighted by molar-refractivity contribution is 7.13. The molecular weight excluding hydrogens is 276 g/mol. The van der Waals surface area contributed by atoms with Crippen molar-refractivity contribution in [3.63, 3.8) is 0 Å². The summed E-state index contributed by atoms with van der Waals surface area (Å²) in [4.78, 5) is 19.0.